The zero-order chi connectivity index (χ0) is 19.5. The van der Waals surface area contributed by atoms with Gasteiger partial charge in [-0.1, -0.05) is 81.4 Å². The Balaban J connectivity index is 2.06. The summed E-state index contributed by atoms with van der Waals surface area (Å²) in [6, 6.07) is 21.2. The number of hydrogen-bond acceptors (Lipinski definition) is 1. The van der Waals surface area contributed by atoms with Crippen molar-refractivity contribution in [1.82, 2.24) is 0 Å². The quantitative estimate of drug-likeness (QED) is 0.516. The fourth-order valence-corrected chi connectivity index (χ4v) is 9.47. The molecule has 1 nitrogen and oxygen atoms in total. The Bertz CT molecular complexity index is 740. The molecular formula is C23H28BrFOSi. The van der Waals surface area contributed by atoms with E-state index in [2.05, 4.69) is 85.2 Å². The van der Waals surface area contributed by atoms with Crippen LogP contribution >= 0.6 is 15.9 Å². The van der Waals surface area contributed by atoms with Crippen LogP contribution in [0.4, 0.5) is 4.39 Å². The van der Waals surface area contributed by atoms with Crippen molar-refractivity contribution >= 4 is 34.6 Å². The van der Waals surface area contributed by atoms with Crippen LogP contribution in [0, 0.1) is 5.92 Å². The Morgan fingerprint density at radius 1 is 1.04 bits per heavy atom. The largest absolute Gasteiger partial charge is 0.407 e. The van der Waals surface area contributed by atoms with Crippen molar-refractivity contribution in [3.05, 3.63) is 71.0 Å². The fraction of sp³-hybridized carbons (Fsp3) is 0.391. The van der Waals surface area contributed by atoms with E-state index in [1.807, 2.05) is 12.1 Å². The summed E-state index contributed by atoms with van der Waals surface area (Å²) in [5.41, 5.74) is 0.882. The summed E-state index contributed by atoms with van der Waals surface area (Å²) < 4.78 is 20.7. The van der Waals surface area contributed by atoms with Gasteiger partial charge in [0.1, 0.15) is 0 Å². The first kappa shape index (κ1) is 20.5. The van der Waals surface area contributed by atoms with Crippen LogP contribution in [-0.2, 0) is 4.43 Å². The van der Waals surface area contributed by atoms with E-state index in [-0.39, 0.29) is 15.7 Å². The zero-order valence-electron chi connectivity index (χ0n) is 16.3. The lowest BCUT2D eigenvalue weighted by Crippen LogP contribution is -2.66. The third-order valence-electron chi connectivity index (χ3n) is 5.65. The molecule has 1 saturated carbocycles. The van der Waals surface area contributed by atoms with Gasteiger partial charge < -0.3 is 4.43 Å². The van der Waals surface area contributed by atoms with Gasteiger partial charge in [0, 0.05) is 12.5 Å². The second-order valence-electron chi connectivity index (χ2n) is 8.35. The van der Waals surface area contributed by atoms with Gasteiger partial charge in [0.05, 0.1) is 0 Å². The Labute approximate surface area is 171 Å². The van der Waals surface area contributed by atoms with Crippen LogP contribution in [0.1, 0.15) is 40.0 Å². The highest BCUT2D eigenvalue weighted by atomic mass is 79.9. The fourth-order valence-electron chi connectivity index (χ4n) is 4.34. The van der Waals surface area contributed by atoms with Gasteiger partial charge in [-0.05, 0) is 56.2 Å². The van der Waals surface area contributed by atoms with Crippen LogP contribution in [0.25, 0.3) is 0 Å². The van der Waals surface area contributed by atoms with Crippen molar-refractivity contribution in [2.24, 2.45) is 5.92 Å². The molecule has 1 fully saturated rings. The van der Waals surface area contributed by atoms with Gasteiger partial charge >= 0.3 is 0 Å². The average Bonchev–Trinajstić information content (AvgIpc) is 3.12. The second-order valence-corrected chi connectivity index (χ2v) is 13.4. The number of benzene rings is 2. The van der Waals surface area contributed by atoms with Crippen molar-refractivity contribution in [1.29, 1.82) is 0 Å². The lowest BCUT2D eigenvalue weighted by molar-refractivity contribution is 0.255. The summed E-state index contributed by atoms with van der Waals surface area (Å²) in [5.74, 6) is 0.158. The third kappa shape index (κ3) is 4.13. The molecule has 3 rings (SSSR count). The predicted octanol–water partition coefficient (Wildman–Crippen LogP) is 5.94. The van der Waals surface area contributed by atoms with Crippen LogP contribution in [0.15, 0.2) is 71.0 Å². The smallest absolute Gasteiger partial charge is 0.261 e. The highest BCUT2D eigenvalue weighted by Crippen LogP contribution is 2.40. The van der Waals surface area contributed by atoms with E-state index in [4.69, 9.17) is 4.43 Å². The first-order chi connectivity index (χ1) is 12.9. The van der Waals surface area contributed by atoms with Crippen LogP contribution in [0.2, 0.25) is 5.04 Å². The molecule has 1 aliphatic rings. The Kier molecular flexibility index (Phi) is 6.39. The lowest BCUT2D eigenvalue weighted by Gasteiger charge is -2.43. The van der Waals surface area contributed by atoms with Gasteiger partial charge in [-0.15, -0.1) is 0 Å². The molecular weight excluding hydrogens is 419 g/mol. The van der Waals surface area contributed by atoms with Crippen LogP contribution in [0.5, 0.6) is 0 Å². The van der Waals surface area contributed by atoms with Crippen molar-refractivity contribution in [2.45, 2.75) is 45.1 Å². The molecule has 0 aromatic heterocycles. The number of halogens is 2. The molecule has 1 atom stereocenters. The maximum Gasteiger partial charge on any atom is 0.261 e. The van der Waals surface area contributed by atoms with Crippen LogP contribution < -0.4 is 10.4 Å². The Morgan fingerprint density at radius 3 is 2.00 bits per heavy atom. The summed E-state index contributed by atoms with van der Waals surface area (Å²) in [7, 11) is -2.54. The zero-order valence-corrected chi connectivity index (χ0v) is 18.9. The molecule has 27 heavy (non-hydrogen) atoms. The lowest BCUT2D eigenvalue weighted by atomic mass is 10.1. The van der Waals surface area contributed by atoms with E-state index in [0.717, 1.165) is 24.8 Å². The summed E-state index contributed by atoms with van der Waals surface area (Å²) in [6.45, 7) is 7.39. The number of rotatable bonds is 5. The molecule has 2 aromatic rings. The molecule has 4 heteroatoms. The summed E-state index contributed by atoms with van der Waals surface area (Å²) in [6.07, 6.45) is 2.85. The monoisotopic (exact) mass is 446 g/mol. The minimum absolute atomic E-state index is 0.0505. The standard InChI is InChI=1S/C23H28BrFOSi/c1-23(2,3)27(19-12-6-4-7-13-19,20-14-8-5-9-15-20)26-17-18-11-10-16-21(18)22(24)25/h4-9,12-15,18H,10-11,16-17H2,1-3H3/b22-21+/t18-/m0/s1. The topological polar surface area (TPSA) is 9.23 Å². The molecule has 0 radical (unpaired) electrons. The van der Waals surface area contributed by atoms with Crippen molar-refractivity contribution < 1.29 is 8.82 Å². The Hall–Kier alpha value is -1.23. The van der Waals surface area contributed by atoms with E-state index in [1.54, 1.807) is 0 Å². The second kappa shape index (κ2) is 8.42. The molecule has 0 heterocycles. The molecule has 0 saturated heterocycles. The molecule has 0 bridgehead atoms. The highest BCUT2D eigenvalue weighted by molar-refractivity contribution is 9.11. The normalized spacial score (nSPS) is 20.0. The Morgan fingerprint density at radius 2 is 1.56 bits per heavy atom. The average molecular weight is 447 g/mol. The van der Waals surface area contributed by atoms with Gasteiger partial charge in [-0.2, -0.15) is 4.39 Å². The van der Waals surface area contributed by atoms with Gasteiger partial charge in [0.2, 0.25) is 0 Å². The minimum Gasteiger partial charge on any atom is -0.407 e. The van der Waals surface area contributed by atoms with Crippen LogP contribution in [0.3, 0.4) is 0 Å². The summed E-state index contributed by atoms with van der Waals surface area (Å²) in [5, 5.41) is 2.49. The van der Waals surface area contributed by atoms with Gasteiger partial charge in [0.25, 0.3) is 8.32 Å². The molecule has 0 amide bonds. The van der Waals surface area contributed by atoms with Crippen molar-refractivity contribution in [3.8, 4) is 0 Å². The molecule has 0 N–H and O–H groups in total. The van der Waals surface area contributed by atoms with E-state index in [0.29, 0.717) is 6.61 Å². The highest BCUT2D eigenvalue weighted by Gasteiger charge is 2.50. The molecule has 0 unspecified atom stereocenters. The summed E-state index contributed by atoms with van der Waals surface area (Å²) >= 11 is 3.06. The maximum atomic E-state index is 13.9. The van der Waals surface area contributed by atoms with E-state index >= 15 is 0 Å². The SMILES string of the molecule is CC(C)(C)[Si](OC[C@@H]1CCC/C1=C(\F)Br)(c1ccccc1)c1ccccc1. The van der Waals surface area contributed by atoms with E-state index < -0.39 is 8.32 Å². The predicted molar refractivity (Wildman–Crippen MR) is 118 cm³/mol. The van der Waals surface area contributed by atoms with Crippen molar-refractivity contribution in [2.75, 3.05) is 6.61 Å². The molecule has 0 aliphatic heterocycles. The third-order valence-corrected chi connectivity index (χ3v) is 11.2. The maximum absolute atomic E-state index is 13.9. The number of hydrogen-bond donors (Lipinski definition) is 0. The van der Waals surface area contributed by atoms with E-state index in [9.17, 15) is 4.39 Å². The molecule has 1 aliphatic carbocycles. The van der Waals surface area contributed by atoms with Gasteiger partial charge in [-0.25, -0.2) is 0 Å². The van der Waals surface area contributed by atoms with Gasteiger partial charge in [-0.3, -0.25) is 0 Å². The minimum atomic E-state index is -2.54. The van der Waals surface area contributed by atoms with Gasteiger partial charge in [0.15, 0.2) is 4.74 Å². The van der Waals surface area contributed by atoms with E-state index in [1.165, 1.54) is 10.4 Å². The molecule has 2 aromatic carbocycles. The first-order valence-corrected chi connectivity index (χ1v) is 12.4. The first-order valence-electron chi connectivity index (χ1n) is 9.65. The van der Waals surface area contributed by atoms with Crippen molar-refractivity contribution in [3.63, 3.8) is 0 Å². The molecule has 144 valence electrons. The molecule has 0 spiro atoms. The summed E-state index contributed by atoms with van der Waals surface area (Å²) in [4.78, 5) is 0. The van der Waals surface area contributed by atoms with Crippen LogP contribution in [-0.4, -0.2) is 14.9 Å².